The van der Waals surface area contributed by atoms with Gasteiger partial charge >= 0.3 is 0 Å². The van der Waals surface area contributed by atoms with Crippen LogP contribution < -0.4 is 5.73 Å². The minimum atomic E-state index is 0.299. The highest BCUT2D eigenvalue weighted by Gasteiger charge is 2.23. The second-order valence-electron chi connectivity index (χ2n) is 6.27. The normalized spacial score (nSPS) is 26.3. The minimum absolute atomic E-state index is 0.299. The van der Waals surface area contributed by atoms with Crippen LogP contribution in [0.5, 0.6) is 0 Å². The third-order valence-corrected chi connectivity index (χ3v) is 4.36. The summed E-state index contributed by atoms with van der Waals surface area (Å²) in [5.74, 6) is 0.831. The molecular weight excluding hydrogens is 232 g/mol. The Hall–Kier alpha value is -0.860. The Morgan fingerprint density at radius 1 is 1.21 bits per heavy atom. The van der Waals surface area contributed by atoms with Gasteiger partial charge in [-0.05, 0) is 44.1 Å². The highest BCUT2D eigenvalue weighted by molar-refractivity contribution is 5.14. The number of likely N-dealkylation sites (tertiary alicyclic amines) is 1. The van der Waals surface area contributed by atoms with Gasteiger partial charge in [-0.15, -0.1) is 0 Å². The maximum Gasteiger partial charge on any atom is 0.0171 e. The van der Waals surface area contributed by atoms with Crippen LogP contribution in [-0.2, 0) is 6.42 Å². The second kappa shape index (κ2) is 7.06. The average Bonchev–Trinajstić information content (AvgIpc) is 2.42. The molecule has 2 rings (SSSR count). The molecular formula is C17H28N2. The molecule has 0 spiro atoms. The summed E-state index contributed by atoms with van der Waals surface area (Å²) in [6, 6.07) is 11.7. The minimum Gasteiger partial charge on any atom is -0.327 e. The van der Waals surface area contributed by atoms with Gasteiger partial charge in [0.2, 0.25) is 0 Å². The van der Waals surface area contributed by atoms with E-state index >= 15 is 0 Å². The highest BCUT2D eigenvalue weighted by atomic mass is 15.2. The van der Waals surface area contributed by atoms with E-state index in [2.05, 4.69) is 49.1 Å². The van der Waals surface area contributed by atoms with Crippen molar-refractivity contribution in [2.45, 2.75) is 51.6 Å². The molecule has 0 aromatic heterocycles. The fraction of sp³-hybridized carbons (Fsp3) is 0.647. The van der Waals surface area contributed by atoms with Crippen molar-refractivity contribution in [3.05, 3.63) is 35.9 Å². The summed E-state index contributed by atoms with van der Waals surface area (Å²) in [7, 11) is 0. The van der Waals surface area contributed by atoms with E-state index in [0.29, 0.717) is 12.1 Å². The molecule has 1 aliphatic heterocycles. The fourth-order valence-corrected chi connectivity index (χ4v) is 3.02. The first-order chi connectivity index (χ1) is 9.15. The monoisotopic (exact) mass is 260 g/mol. The van der Waals surface area contributed by atoms with Crippen LogP contribution in [0.3, 0.4) is 0 Å². The molecule has 1 aromatic carbocycles. The molecule has 1 aromatic rings. The molecule has 19 heavy (non-hydrogen) atoms. The van der Waals surface area contributed by atoms with E-state index in [-0.39, 0.29) is 0 Å². The van der Waals surface area contributed by atoms with Gasteiger partial charge in [-0.1, -0.05) is 37.3 Å². The van der Waals surface area contributed by atoms with E-state index in [0.717, 1.165) is 25.3 Å². The summed E-state index contributed by atoms with van der Waals surface area (Å²) < 4.78 is 0. The molecule has 3 unspecified atom stereocenters. The molecule has 3 atom stereocenters. The summed E-state index contributed by atoms with van der Waals surface area (Å²) in [6.07, 6.45) is 4.88. The number of piperidine rings is 1. The summed E-state index contributed by atoms with van der Waals surface area (Å²) in [6.45, 7) is 6.97. The first-order valence-corrected chi connectivity index (χ1v) is 7.68. The lowest BCUT2D eigenvalue weighted by atomic mass is 9.94. The molecule has 0 bridgehead atoms. The number of benzene rings is 1. The molecule has 0 amide bonds. The number of nitrogens with two attached hydrogens (primary N) is 1. The van der Waals surface area contributed by atoms with E-state index in [4.69, 9.17) is 5.73 Å². The molecule has 0 saturated carbocycles. The number of aryl methyl sites for hydroxylation is 1. The van der Waals surface area contributed by atoms with E-state index in [1.54, 1.807) is 0 Å². The molecule has 106 valence electrons. The zero-order valence-electron chi connectivity index (χ0n) is 12.4. The van der Waals surface area contributed by atoms with Gasteiger partial charge in [0.25, 0.3) is 0 Å². The van der Waals surface area contributed by atoms with Crippen molar-refractivity contribution in [1.82, 2.24) is 4.90 Å². The SMILES string of the molecule is CC1CCC(C)N(CC(N)CCc2ccccc2)C1. The maximum atomic E-state index is 6.32. The van der Waals surface area contributed by atoms with Crippen LogP contribution in [0.15, 0.2) is 30.3 Å². The average molecular weight is 260 g/mol. The zero-order chi connectivity index (χ0) is 13.7. The first kappa shape index (κ1) is 14.5. The predicted octanol–water partition coefficient (Wildman–Crippen LogP) is 3.07. The Balaban J connectivity index is 1.76. The molecule has 0 radical (unpaired) electrons. The molecule has 1 aliphatic rings. The quantitative estimate of drug-likeness (QED) is 0.881. The predicted molar refractivity (Wildman–Crippen MR) is 82.2 cm³/mol. The van der Waals surface area contributed by atoms with Crippen molar-refractivity contribution >= 4 is 0 Å². The van der Waals surface area contributed by atoms with E-state index in [1.165, 1.54) is 24.9 Å². The fourth-order valence-electron chi connectivity index (χ4n) is 3.02. The number of hydrogen-bond acceptors (Lipinski definition) is 2. The lowest BCUT2D eigenvalue weighted by Gasteiger charge is -2.38. The summed E-state index contributed by atoms with van der Waals surface area (Å²) in [4.78, 5) is 2.59. The van der Waals surface area contributed by atoms with Gasteiger partial charge in [0, 0.05) is 25.2 Å². The largest absolute Gasteiger partial charge is 0.327 e. The molecule has 2 N–H and O–H groups in total. The molecule has 1 fully saturated rings. The van der Waals surface area contributed by atoms with Crippen LogP contribution in [0.2, 0.25) is 0 Å². The van der Waals surface area contributed by atoms with Gasteiger partial charge in [0.05, 0.1) is 0 Å². The highest BCUT2D eigenvalue weighted by Crippen LogP contribution is 2.21. The zero-order valence-corrected chi connectivity index (χ0v) is 12.4. The number of hydrogen-bond donors (Lipinski definition) is 1. The first-order valence-electron chi connectivity index (χ1n) is 7.68. The van der Waals surface area contributed by atoms with Crippen molar-refractivity contribution in [2.24, 2.45) is 11.7 Å². The third-order valence-electron chi connectivity index (χ3n) is 4.36. The van der Waals surface area contributed by atoms with E-state index in [1.807, 2.05) is 0 Å². The van der Waals surface area contributed by atoms with Crippen molar-refractivity contribution in [2.75, 3.05) is 13.1 Å². The third kappa shape index (κ3) is 4.63. The van der Waals surface area contributed by atoms with Gasteiger partial charge in [-0.2, -0.15) is 0 Å². The topological polar surface area (TPSA) is 29.3 Å². The Bertz CT molecular complexity index is 363. The molecule has 1 heterocycles. The van der Waals surface area contributed by atoms with Gasteiger partial charge in [-0.25, -0.2) is 0 Å². The van der Waals surface area contributed by atoms with Gasteiger partial charge < -0.3 is 5.73 Å². The standard InChI is InChI=1S/C17H28N2/c1-14-8-9-15(2)19(12-14)13-17(18)11-10-16-6-4-3-5-7-16/h3-7,14-15,17H,8-13,18H2,1-2H3. The Morgan fingerprint density at radius 3 is 2.68 bits per heavy atom. The Kier molecular flexibility index (Phi) is 5.41. The lowest BCUT2D eigenvalue weighted by molar-refractivity contribution is 0.116. The second-order valence-corrected chi connectivity index (χ2v) is 6.27. The van der Waals surface area contributed by atoms with E-state index < -0.39 is 0 Å². The van der Waals surface area contributed by atoms with Crippen LogP contribution in [0.1, 0.15) is 38.7 Å². The van der Waals surface area contributed by atoms with Crippen LogP contribution in [0, 0.1) is 5.92 Å². The number of rotatable bonds is 5. The van der Waals surface area contributed by atoms with Gasteiger partial charge in [0.1, 0.15) is 0 Å². The molecule has 1 saturated heterocycles. The molecule has 2 heteroatoms. The summed E-state index contributed by atoms with van der Waals surface area (Å²) in [5, 5.41) is 0. The smallest absolute Gasteiger partial charge is 0.0171 e. The van der Waals surface area contributed by atoms with Crippen LogP contribution in [0.25, 0.3) is 0 Å². The van der Waals surface area contributed by atoms with Gasteiger partial charge in [0.15, 0.2) is 0 Å². The summed E-state index contributed by atoms with van der Waals surface area (Å²) >= 11 is 0. The molecule has 0 aliphatic carbocycles. The molecule has 2 nitrogen and oxygen atoms in total. The van der Waals surface area contributed by atoms with E-state index in [9.17, 15) is 0 Å². The number of nitrogens with zero attached hydrogens (tertiary/aromatic N) is 1. The van der Waals surface area contributed by atoms with Crippen LogP contribution in [-0.4, -0.2) is 30.1 Å². The van der Waals surface area contributed by atoms with Crippen molar-refractivity contribution < 1.29 is 0 Å². The summed E-state index contributed by atoms with van der Waals surface area (Å²) in [5.41, 5.74) is 7.72. The maximum absolute atomic E-state index is 6.32. The van der Waals surface area contributed by atoms with Crippen molar-refractivity contribution in [1.29, 1.82) is 0 Å². The van der Waals surface area contributed by atoms with Crippen LogP contribution in [0.4, 0.5) is 0 Å². The lowest BCUT2D eigenvalue weighted by Crippen LogP contribution is -2.47. The van der Waals surface area contributed by atoms with Crippen molar-refractivity contribution in [3.63, 3.8) is 0 Å². The Morgan fingerprint density at radius 2 is 1.95 bits per heavy atom. The van der Waals surface area contributed by atoms with Gasteiger partial charge in [-0.3, -0.25) is 4.90 Å². The van der Waals surface area contributed by atoms with Crippen molar-refractivity contribution in [3.8, 4) is 0 Å². The van der Waals surface area contributed by atoms with Crippen LogP contribution >= 0.6 is 0 Å². The Labute approximate surface area is 118 Å².